The summed E-state index contributed by atoms with van der Waals surface area (Å²) < 4.78 is 0. The van der Waals surface area contributed by atoms with Crippen LogP contribution < -0.4 is 5.32 Å². The van der Waals surface area contributed by atoms with E-state index in [2.05, 4.69) is 10.3 Å². The van der Waals surface area contributed by atoms with E-state index in [-0.39, 0.29) is 18.4 Å². The summed E-state index contributed by atoms with van der Waals surface area (Å²) in [4.78, 5) is 29.5. The Hall–Kier alpha value is -2.69. The van der Waals surface area contributed by atoms with E-state index in [1.165, 1.54) is 11.8 Å². The van der Waals surface area contributed by atoms with Crippen molar-refractivity contribution >= 4 is 11.8 Å². The van der Waals surface area contributed by atoms with E-state index in [0.29, 0.717) is 13.1 Å². The van der Waals surface area contributed by atoms with Crippen LogP contribution in [0.3, 0.4) is 0 Å². The smallest absolute Gasteiger partial charge is 0.239 e. The van der Waals surface area contributed by atoms with Gasteiger partial charge in [0.25, 0.3) is 0 Å². The van der Waals surface area contributed by atoms with E-state index in [1.54, 1.807) is 6.20 Å². The van der Waals surface area contributed by atoms with E-state index < -0.39 is 0 Å². The zero-order valence-electron chi connectivity index (χ0n) is 13.5. The van der Waals surface area contributed by atoms with Crippen LogP contribution in [-0.2, 0) is 22.7 Å². The normalized spacial score (nSPS) is 10.2. The van der Waals surface area contributed by atoms with Crippen LogP contribution in [0.4, 0.5) is 0 Å². The minimum absolute atomic E-state index is 0.0378. The molecule has 1 aromatic carbocycles. The highest BCUT2D eigenvalue weighted by atomic mass is 16.2. The first-order chi connectivity index (χ1) is 11.0. The van der Waals surface area contributed by atoms with Crippen molar-refractivity contribution in [1.82, 2.24) is 15.2 Å². The molecule has 5 heteroatoms. The molecule has 0 spiro atoms. The van der Waals surface area contributed by atoms with Crippen LogP contribution in [0.25, 0.3) is 0 Å². The molecule has 2 amide bonds. The first-order valence-corrected chi connectivity index (χ1v) is 7.52. The second-order valence-electron chi connectivity index (χ2n) is 5.46. The van der Waals surface area contributed by atoms with Crippen LogP contribution in [-0.4, -0.2) is 28.2 Å². The van der Waals surface area contributed by atoms with Crippen LogP contribution in [0, 0.1) is 6.92 Å². The number of aromatic nitrogens is 1. The fourth-order valence-corrected chi connectivity index (χ4v) is 2.23. The van der Waals surface area contributed by atoms with Crippen molar-refractivity contribution in [1.29, 1.82) is 0 Å². The molecule has 0 radical (unpaired) electrons. The van der Waals surface area contributed by atoms with Gasteiger partial charge in [-0.15, -0.1) is 0 Å². The standard InChI is InChI=1S/C18H21N3O2/c1-14-6-5-7-16(10-14)12-21(15(2)22)13-18(23)20-11-17-8-3-4-9-19-17/h3-10H,11-13H2,1-2H3,(H,20,23). The molecule has 23 heavy (non-hydrogen) atoms. The average Bonchev–Trinajstić information content (AvgIpc) is 2.53. The number of carbonyl (C=O) groups excluding carboxylic acids is 2. The van der Waals surface area contributed by atoms with Crippen LogP contribution in [0.2, 0.25) is 0 Å². The number of pyridine rings is 1. The van der Waals surface area contributed by atoms with Crippen LogP contribution in [0.1, 0.15) is 23.7 Å². The SMILES string of the molecule is CC(=O)N(CC(=O)NCc1ccccn1)Cc1cccc(C)c1. The summed E-state index contributed by atoms with van der Waals surface area (Å²) in [7, 11) is 0. The molecule has 5 nitrogen and oxygen atoms in total. The molecule has 1 N–H and O–H groups in total. The summed E-state index contributed by atoms with van der Waals surface area (Å²) >= 11 is 0. The van der Waals surface area contributed by atoms with E-state index in [0.717, 1.165) is 16.8 Å². The monoisotopic (exact) mass is 311 g/mol. The van der Waals surface area contributed by atoms with Crippen molar-refractivity contribution < 1.29 is 9.59 Å². The molecule has 1 heterocycles. The highest BCUT2D eigenvalue weighted by molar-refractivity contribution is 5.83. The predicted molar refractivity (Wildman–Crippen MR) is 88.4 cm³/mol. The Kier molecular flexibility index (Phi) is 5.86. The lowest BCUT2D eigenvalue weighted by molar-refractivity contribution is -0.135. The lowest BCUT2D eigenvalue weighted by Crippen LogP contribution is -2.39. The largest absolute Gasteiger partial charge is 0.349 e. The van der Waals surface area contributed by atoms with Crippen molar-refractivity contribution in [2.75, 3.05) is 6.54 Å². The number of nitrogens with zero attached hydrogens (tertiary/aromatic N) is 2. The van der Waals surface area contributed by atoms with Gasteiger partial charge in [-0.25, -0.2) is 0 Å². The van der Waals surface area contributed by atoms with Crippen molar-refractivity contribution in [2.24, 2.45) is 0 Å². The third kappa shape index (κ3) is 5.54. The molecular weight excluding hydrogens is 290 g/mol. The summed E-state index contributed by atoms with van der Waals surface area (Å²) in [6, 6.07) is 13.5. The number of aryl methyl sites for hydroxylation is 1. The Balaban J connectivity index is 1.91. The number of hydrogen-bond donors (Lipinski definition) is 1. The molecule has 0 saturated carbocycles. The minimum Gasteiger partial charge on any atom is -0.349 e. The van der Waals surface area contributed by atoms with Gasteiger partial charge in [-0.2, -0.15) is 0 Å². The van der Waals surface area contributed by atoms with Crippen LogP contribution >= 0.6 is 0 Å². The van der Waals surface area contributed by atoms with Gasteiger partial charge in [0.1, 0.15) is 0 Å². The van der Waals surface area contributed by atoms with Crippen molar-refractivity contribution in [3.63, 3.8) is 0 Å². The Morgan fingerprint density at radius 3 is 2.65 bits per heavy atom. The maximum absolute atomic E-state index is 12.1. The fourth-order valence-electron chi connectivity index (χ4n) is 2.23. The molecule has 0 aliphatic rings. The fraction of sp³-hybridized carbons (Fsp3) is 0.278. The summed E-state index contributed by atoms with van der Waals surface area (Å²) in [5.41, 5.74) is 2.93. The predicted octanol–water partition coefficient (Wildman–Crippen LogP) is 2.05. The van der Waals surface area contributed by atoms with Gasteiger partial charge >= 0.3 is 0 Å². The Bertz CT molecular complexity index is 671. The van der Waals surface area contributed by atoms with Crippen LogP contribution in [0.5, 0.6) is 0 Å². The number of hydrogen-bond acceptors (Lipinski definition) is 3. The number of amides is 2. The number of rotatable bonds is 6. The number of benzene rings is 1. The topological polar surface area (TPSA) is 62.3 Å². The van der Waals surface area contributed by atoms with Crippen molar-refractivity contribution in [3.05, 3.63) is 65.5 Å². The lowest BCUT2D eigenvalue weighted by Gasteiger charge is -2.21. The van der Waals surface area contributed by atoms with Crippen molar-refractivity contribution in [3.8, 4) is 0 Å². The van der Waals surface area contributed by atoms with Gasteiger partial charge in [-0.1, -0.05) is 35.9 Å². The first-order valence-electron chi connectivity index (χ1n) is 7.52. The Morgan fingerprint density at radius 2 is 2.00 bits per heavy atom. The van der Waals surface area contributed by atoms with Gasteiger partial charge in [0.2, 0.25) is 11.8 Å². The molecule has 2 aromatic rings. The molecule has 1 aromatic heterocycles. The average molecular weight is 311 g/mol. The summed E-state index contributed by atoms with van der Waals surface area (Å²) in [6.07, 6.45) is 1.68. The third-order valence-corrected chi connectivity index (χ3v) is 3.43. The number of carbonyl (C=O) groups is 2. The molecule has 0 atom stereocenters. The first kappa shape index (κ1) is 16.7. The second-order valence-corrected chi connectivity index (χ2v) is 5.46. The van der Waals surface area contributed by atoms with Gasteiger partial charge in [0.15, 0.2) is 0 Å². The van der Waals surface area contributed by atoms with Gasteiger partial charge < -0.3 is 10.2 Å². The molecule has 0 fully saturated rings. The molecule has 2 rings (SSSR count). The van der Waals surface area contributed by atoms with Gasteiger partial charge in [-0.05, 0) is 24.6 Å². The van der Waals surface area contributed by atoms with E-state index >= 15 is 0 Å². The molecule has 0 aliphatic carbocycles. The maximum Gasteiger partial charge on any atom is 0.239 e. The molecule has 120 valence electrons. The highest BCUT2D eigenvalue weighted by Crippen LogP contribution is 2.08. The zero-order valence-corrected chi connectivity index (χ0v) is 13.5. The van der Waals surface area contributed by atoms with Gasteiger partial charge in [-0.3, -0.25) is 14.6 Å². The number of nitrogens with one attached hydrogen (secondary N) is 1. The molecular formula is C18H21N3O2. The van der Waals surface area contributed by atoms with Gasteiger partial charge in [0.05, 0.1) is 18.8 Å². The maximum atomic E-state index is 12.1. The molecule has 0 unspecified atom stereocenters. The summed E-state index contributed by atoms with van der Waals surface area (Å²) in [5, 5.41) is 2.79. The highest BCUT2D eigenvalue weighted by Gasteiger charge is 2.14. The van der Waals surface area contributed by atoms with Crippen molar-refractivity contribution in [2.45, 2.75) is 26.9 Å². The third-order valence-electron chi connectivity index (χ3n) is 3.43. The van der Waals surface area contributed by atoms with Gasteiger partial charge in [0, 0.05) is 19.7 Å². The quantitative estimate of drug-likeness (QED) is 0.888. The molecule has 0 aliphatic heterocycles. The molecule has 0 saturated heterocycles. The second kappa shape index (κ2) is 8.08. The summed E-state index contributed by atoms with van der Waals surface area (Å²) in [6.45, 7) is 4.29. The Labute approximate surface area is 136 Å². The minimum atomic E-state index is -0.196. The summed E-state index contributed by atoms with van der Waals surface area (Å²) in [5.74, 6) is -0.321. The Morgan fingerprint density at radius 1 is 1.17 bits per heavy atom. The van der Waals surface area contributed by atoms with E-state index in [1.807, 2.05) is 49.4 Å². The zero-order chi connectivity index (χ0) is 16.7. The molecule has 0 bridgehead atoms. The lowest BCUT2D eigenvalue weighted by atomic mass is 10.1. The van der Waals surface area contributed by atoms with Crippen LogP contribution in [0.15, 0.2) is 48.7 Å². The van der Waals surface area contributed by atoms with E-state index in [4.69, 9.17) is 0 Å². The van der Waals surface area contributed by atoms with E-state index in [9.17, 15) is 9.59 Å².